The summed E-state index contributed by atoms with van der Waals surface area (Å²) in [6.45, 7) is 3.31. The van der Waals surface area contributed by atoms with Gasteiger partial charge < -0.3 is 0 Å². The molecule has 0 fully saturated rings. The van der Waals surface area contributed by atoms with E-state index in [9.17, 15) is 21.2 Å². The number of hydrogen-bond donors (Lipinski definition) is 1. The highest BCUT2D eigenvalue weighted by atomic mass is 35.5. The molecule has 6 nitrogen and oxygen atoms in total. The van der Waals surface area contributed by atoms with E-state index >= 15 is 0 Å². The average molecular weight is 483 g/mol. The molecule has 3 rings (SSSR count). The lowest BCUT2D eigenvalue weighted by molar-refractivity contribution is 0.593. The second-order valence-electron chi connectivity index (χ2n) is 6.94. The molecule has 0 unspecified atom stereocenters. The number of aryl methyl sites for hydroxylation is 2. The Labute approximate surface area is 186 Å². The van der Waals surface area contributed by atoms with Crippen LogP contribution in [0.25, 0.3) is 0 Å². The summed E-state index contributed by atoms with van der Waals surface area (Å²) in [6, 6.07) is 13.5. The van der Waals surface area contributed by atoms with Gasteiger partial charge in [0.2, 0.25) is 0 Å². The van der Waals surface area contributed by atoms with Gasteiger partial charge in [0, 0.05) is 17.8 Å². The molecule has 0 radical (unpaired) electrons. The maximum atomic E-state index is 13.1. The van der Waals surface area contributed by atoms with Gasteiger partial charge in [0.25, 0.3) is 20.0 Å². The zero-order chi connectivity index (χ0) is 23.0. The Kier molecular flexibility index (Phi) is 6.31. The predicted octanol–water partition coefficient (Wildman–Crippen LogP) is 4.72. The van der Waals surface area contributed by atoms with Crippen LogP contribution < -0.4 is 9.03 Å². The average Bonchev–Trinajstić information content (AvgIpc) is 2.69. The summed E-state index contributed by atoms with van der Waals surface area (Å²) >= 11 is 5.84. The van der Waals surface area contributed by atoms with Crippen LogP contribution in [-0.2, 0) is 20.0 Å². The molecule has 0 amide bonds. The molecule has 0 aliphatic heterocycles. The molecule has 3 aromatic rings. The summed E-state index contributed by atoms with van der Waals surface area (Å²) in [5.74, 6) is -0.495. The van der Waals surface area contributed by atoms with Gasteiger partial charge in [-0.25, -0.2) is 21.2 Å². The highest BCUT2D eigenvalue weighted by Crippen LogP contribution is 2.31. The molecule has 31 heavy (non-hydrogen) atoms. The lowest BCUT2D eigenvalue weighted by Gasteiger charge is -2.23. The predicted molar refractivity (Wildman–Crippen MR) is 120 cm³/mol. The SMILES string of the molecule is Cc1cc(C)c(S(=O)(=O)Nc2ccc(F)cc2)cc1N(C)S(=O)(=O)c1ccc(Cl)cc1. The number of nitrogens with zero attached hydrogens (tertiary/aromatic N) is 1. The Balaban J connectivity index is 2.04. The fourth-order valence-electron chi connectivity index (χ4n) is 3.07. The van der Waals surface area contributed by atoms with Crippen LogP contribution >= 0.6 is 11.6 Å². The molecule has 1 N–H and O–H groups in total. The van der Waals surface area contributed by atoms with Crippen molar-refractivity contribution in [2.24, 2.45) is 0 Å². The van der Waals surface area contributed by atoms with Crippen molar-refractivity contribution < 1.29 is 21.2 Å². The van der Waals surface area contributed by atoms with E-state index in [1.54, 1.807) is 19.9 Å². The van der Waals surface area contributed by atoms with Gasteiger partial charge in [-0.15, -0.1) is 0 Å². The number of sulfonamides is 2. The first-order valence-electron chi connectivity index (χ1n) is 9.06. The second kappa shape index (κ2) is 8.49. The van der Waals surface area contributed by atoms with Crippen LogP contribution in [-0.4, -0.2) is 23.9 Å². The molecule has 0 aliphatic rings. The van der Waals surface area contributed by atoms with Crippen molar-refractivity contribution in [3.8, 4) is 0 Å². The third-order valence-corrected chi connectivity index (χ3v) is 8.25. The van der Waals surface area contributed by atoms with Crippen LogP contribution in [0.1, 0.15) is 11.1 Å². The molecule has 164 valence electrons. The Morgan fingerprint density at radius 2 is 1.45 bits per heavy atom. The Morgan fingerprint density at radius 3 is 2.03 bits per heavy atom. The van der Waals surface area contributed by atoms with Gasteiger partial charge in [0.15, 0.2) is 0 Å². The van der Waals surface area contributed by atoms with Gasteiger partial charge in [-0.1, -0.05) is 17.7 Å². The molecule has 10 heteroatoms. The van der Waals surface area contributed by atoms with Gasteiger partial charge in [-0.2, -0.15) is 0 Å². The quantitative estimate of drug-likeness (QED) is 0.551. The normalized spacial score (nSPS) is 11.9. The number of halogens is 2. The minimum atomic E-state index is -4.06. The summed E-state index contributed by atoms with van der Waals surface area (Å²) in [5.41, 5.74) is 1.41. The summed E-state index contributed by atoms with van der Waals surface area (Å²) in [5, 5.41) is 0.397. The molecule has 0 bridgehead atoms. The van der Waals surface area contributed by atoms with Crippen molar-refractivity contribution >= 4 is 43.0 Å². The number of nitrogens with one attached hydrogen (secondary N) is 1. The first-order chi connectivity index (χ1) is 14.4. The molecule has 0 saturated carbocycles. The molecule has 0 aliphatic carbocycles. The van der Waals surface area contributed by atoms with Crippen LogP contribution in [0.4, 0.5) is 15.8 Å². The lowest BCUT2D eigenvalue weighted by atomic mass is 10.1. The maximum Gasteiger partial charge on any atom is 0.264 e. The van der Waals surface area contributed by atoms with Crippen molar-refractivity contribution in [3.05, 3.63) is 82.6 Å². The van der Waals surface area contributed by atoms with E-state index in [4.69, 9.17) is 11.6 Å². The Hall–Kier alpha value is -2.62. The Bertz CT molecular complexity index is 1330. The van der Waals surface area contributed by atoms with E-state index < -0.39 is 25.9 Å². The molecular formula is C21H20ClFN2O4S2. The van der Waals surface area contributed by atoms with Gasteiger partial charge in [0.1, 0.15) is 5.82 Å². The zero-order valence-electron chi connectivity index (χ0n) is 16.9. The van der Waals surface area contributed by atoms with E-state index in [2.05, 4.69) is 4.72 Å². The fraction of sp³-hybridized carbons (Fsp3) is 0.143. The summed E-state index contributed by atoms with van der Waals surface area (Å²) < 4.78 is 68.6. The van der Waals surface area contributed by atoms with Crippen molar-refractivity contribution in [1.82, 2.24) is 0 Å². The summed E-state index contributed by atoms with van der Waals surface area (Å²) in [4.78, 5) is -0.0659. The molecule has 0 atom stereocenters. The van der Waals surface area contributed by atoms with E-state index in [0.717, 1.165) is 16.4 Å². The largest absolute Gasteiger partial charge is 0.280 e. The van der Waals surface area contributed by atoms with Gasteiger partial charge in [0.05, 0.1) is 15.5 Å². The number of rotatable bonds is 6. The molecule has 0 spiro atoms. The van der Waals surface area contributed by atoms with Crippen molar-refractivity contribution in [2.45, 2.75) is 23.6 Å². The van der Waals surface area contributed by atoms with Crippen LogP contribution in [0, 0.1) is 19.7 Å². The van der Waals surface area contributed by atoms with Crippen molar-refractivity contribution in [1.29, 1.82) is 0 Å². The lowest BCUT2D eigenvalue weighted by Crippen LogP contribution is -2.27. The highest BCUT2D eigenvalue weighted by Gasteiger charge is 2.26. The third-order valence-electron chi connectivity index (χ3n) is 4.69. The fourth-order valence-corrected chi connectivity index (χ4v) is 5.76. The molecule has 3 aromatic carbocycles. The first-order valence-corrected chi connectivity index (χ1v) is 12.4. The summed E-state index contributed by atoms with van der Waals surface area (Å²) in [7, 11) is -6.66. The number of hydrogen-bond acceptors (Lipinski definition) is 4. The van der Waals surface area contributed by atoms with Crippen LogP contribution in [0.2, 0.25) is 5.02 Å². The molecular weight excluding hydrogens is 463 g/mol. The minimum Gasteiger partial charge on any atom is -0.280 e. The minimum absolute atomic E-state index is 0.0215. The third kappa shape index (κ3) is 4.84. The van der Waals surface area contributed by atoms with E-state index in [-0.39, 0.29) is 21.2 Å². The van der Waals surface area contributed by atoms with E-state index in [1.165, 1.54) is 49.5 Å². The molecule has 0 saturated heterocycles. The monoisotopic (exact) mass is 482 g/mol. The van der Waals surface area contributed by atoms with Gasteiger partial charge >= 0.3 is 0 Å². The summed E-state index contributed by atoms with van der Waals surface area (Å²) in [6.07, 6.45) is 0. The smallest absolute Gasteiger partial charge is 0.264 e. The standard InChI is InChI=1S/C21H20ClFN2O4S2/c1-14-12-15(2)21(30(26,27)24-18-8-6-17(23)7-9-18)13-20(14)25(3)31(28,29)19-10-4-16(22)5-11-19/h4-13,24H,1-3H3. The van der Waals surface area contributed by atoms with Gasteiger partial charge in [-0.3, -0.25) is 9.03 Å². The van der Waals surface area contributed by atoms with Crippen molar-refractivity contribution in [2.75, 3.05) is 16.1 Å². The van der Waals surface area contributed by atoms with E-state index in [0.29, 0.717) is 16.1 Å². The maximum absolute atomic E-state index is 13.1. The number of anilines is 2. The van der Waals surface area contributed by atoms with Crippen LogP contribution in [0.5, 0.6) is 0 Å². The van der Waals surface area contributed by atoms with Gasteiger partial charge in [-0.05, 0) is 79.6 Å². The topological polar surface area (TPSA) is 83.6 Å². The zero-order valence-corrected chi connectivity index (χ0v) is 19.3. The van der Waals surface area contributed by atoms with E-state index in [1.807, 2.05) is 0 Å². The van der Waals surface area contributed by atoms with Crippen molar-refractivity contribution in [3.63, 3.8) is 0 Å². The highest BCUT2D eigenvalue weighted by molar-refractivity contribution is 7.93. The first kappa shape index (κ1) is 23.1. The second-order valence-corrected chi connectivity index (χ2v) is 11.0. The van der Waals surface area contributed by atoms with Crippen LogP contribution in [0.15, 0.2) is 70.5 Å². The Morgan fingerprint density at radius 1 is 0.871 bits per heavy atom. The molecule has 0 heterocycles. The number of benzene rings is 3. The van der Waals surface area contributed by atoms with Crippen LogP contribution in [0.3, 0.4) is 0 Å². The molecule has 0 aromatic heterocycles.